The quantitative estimate of drug-likeness (QED) is 0.377. The first kappa shape index (κ1) is 25.0. The van der Waals surface area contributed by atoms with Crippen LogP contribution in [0.3, 0.4) is 0 Å². The van der Waals surface area contributed by atoms with Crippen LogP contribution in [0.1, 0.15) is 36.5 Å². The fourth-order valence-corrected chi connectivity index (χ4v) is 5.63. The number of piperidine rings is 1. The summed E-state index contributed by atoms with van der Waals surface area (Å²) in [6.45, 7) is 4.83. The van der Waals surface area contributed by atoms with E-state index >= 15 is 0 Å². The fraction of sp³-hybridized carbons (Fsp3) is 0.440. The van der Waals surface area contributed by atoms with Crippen molar-refractivity contribution in [2.45, 2.75) is 32.2 Å². The monoisotopic (exact) mass is 523 g/mol. The maximum absolute atomic E-state index is 13.2. The van der Waals surface area contributed by atoms with Gasteiger partial charge in [0.2, 0.25) is 0 Å². The Morgan fingerprint density at radius 3 is 2.70 bits per heavy atom. The minimum atomic E-state index is -0.252. The number of carbonyl (C=O) groups is 2. The molecule has 1 unspecified atom stereocenters. The molecule has 3 aromatic rings. The Labute approximate surface area is 219 Å². The number of fused-ring (bicyclic) bond motifs is 1. The van der Waals surface area contributed by atoms with Crippen LogP contribution in [0, 0.1) is 5.92 Å². The van der Waals surface area contributed by atoms with E-state index in [0.29, 0.717) is 29.4 Å². The lowest BCUT2D eigenvalue weighted by atomic mass is 9.94. The molecular formula is C25H33N9O2S. The standard InChI is InChI=1S/C25H33N9O2S/c1-16-21(10-19(12-27-16)30-25(36)26-7-4-17-5-8-32(2)9-6-17)31-23(35)20-13-29-34-15-22(37-24(20)34)18-11-28-33(3)14-18/h10-17,27H,4-9H2,1-3H3,(H,31,35)(H2,26,30,36). The molecule has 2 aliphatic heterocycles. The molecule has 5 rings (SSSR count). The van der Waals surface area contributed by atoms with Crippen molar-refractivity contribution in [2.75, 3.05) is 26.7 Å². The molecule has 196 valence electrons. The molecule has 0 aliphatic carbocycles. The van der Waals surface area contributed by atoms with Crippen molar-refractivity contribution in [3.63, 3.8) is 0 Å². The number of rotatable bonds is 7. The van der Waals surface area contributed by atoms with Crippen LogP contribution < -0.4 is 21.3 Å². The molecule has 0 aromatic carbocycles. The summed E-state index contributed by atoms with van der Waals surface area (Å²) in [5, 5.41) is 20.6. The van der Waals surface area contributed by atoms with Crippen molar-refractivity contribution in [1.29, 1.82) is 0 Å². The van der Waals surface area contributed by atoms with Crippen LogP contribution in [0.15, 0.2) is 48.5 Å². The largest absolute Gasteiger partial charge is 0.381 e. The van der Waals surface area contributed by atoms with Crippen LogP contribution in [0.5, 0.6) is 0 Å². The molecule has 3 aromatic heterocycles. The average molecular weight is 524 g/mol. The highest BCUT2D eigenvalue weighted by Crippen LogP contribution is 2.30. The first-order valence-corrected chi connectivity index (χ1v) is 13.4. The number of dihydropyridines is 1. The van der Waals surface area contributed by atoms with Gasteiger partial charge in [-0.05, 0) is 58.3 Å². The number of hydrogen-bond acceptors (Lipinski definition) is 7. The van der Waals surface area contributed by atoms with E-state index < -0.39 is 0 Å². The summed E-state index contributed by atoms with van der Waals surface area (Å²) in [5.41, 5.74) is 2.71. The van der Waals surface area contributed by atoms with Gasteiger partial charge in [-0.1, -0.05) is 0 Å². The maximum Gasteiger partial charge on any atom is 0.319 e. The zero-order chi connectivity index (χ0) is 25.9. The van der Waals surface area contributed by atoms with E-state index in [4.69, 9.17) is 0 Å². The van der Waals surface area contributed by atoms with Crippen LogP contribution in [-0.4, -0.2) is 69.0 Å². The van der Waals surface area contributed by atoms with Gasteiger partial charge < -0.3 is 26.2 Å². The first-order valence-electron chi connectivity index (χ1n) is 12.5. The third-order valence-electron chi connectivity index (χ3n) is 6.89. The topological polar surface area (TPSA) is 121 Å². The van der Waals surface area contributed by atoms with Crippen LogP contribution >= 0.6 is 11.3 Å². The van der Waals surface area contributed by atoms with Gasteiger partial charge in [-0.2, -0.15) is 10.2 Å². The molecule has 0 bridgehead atoms. The molecule has 1 fully saturated rings. The number of amides is 3. The van der Waals surface area contributed by atoms with Crippen LogP contribution in [0.4, 0.5) is 4.79 Å². The number of nitrogens with one attached hydrogen (secondary N) is 4. The Hall–Kier alpha value is -3.64. The minimum Gasteiger partial charge on any atom is -0.381 e. The van der Waals surface area contributed by atoms with E-state index in [1.807, 2.05) is 26.4 Å². The summed E-state index contributed by atoms with van der Waals surface area (Å²) in [5.74, 6) is 0.409. The van der Waals surface area contributed by atoms with Gasteiger partial charge in [-0.15, -0.1) is 11.3 Å². The average Bonchev–Trinajstić information content (AvgIpc) is 3.58. The molecule has 3 amide bonds. The summed E-state index contributed by atoms with van der Waals surface area (Å²) in [6, 6.07) is -0.375. The molecule has 12 heteroatoms. The third-order valence-corrected chi connectivity index (χ3v) is 8.05. The predicted octanol–water partition coefficient (Wildman–Crippen LogP) is 2.27. The molecule has 11 nitrogen and oxygen atoms in total. The minimum absolute atomic E-state index is 0.123. The van der Waals surface area contributed by atoms with E-state index in [9.17, 15) is 9.59 Å². The Kier molecular flexibility index (Phi) is 7.28. The number of urea groups is 1. The molecule has 1 saturated heterocycles. The second-order valence-electron chi connectivity index (χ2n) is 9.76. The summed E-state index contributed by atoms with van der Waals surface area (Å²) in [6.07, 6.45) is 14.1. The molecule has 0 spiro atoms. The number of carbonyl (C=O) groups excluding carboxylic acids is 2. The zero-order valence-electron chi connectivity index (χ0n) is 21.3. The lowest BCUT2D eigenvalue weighted by Gasteiger charge is -2.28. The summed E-state index contributed by atoms with van der Waals surface area (Å²) >= 11 is 1.49. The number of thiazole rings is 1. The van der Waals surface area contributed by atoms with Gasteiger partial charge in [0.1, 0.15) is 4.83 Å². The van der Waals surface area contributed by atoms with Gasteiger partial charge in [0, 0.05) is 43.4 Å². The van der Waals surface area contributed by atoms with Gasteiger partial charge in [0.05, 0.1) is 34.6 Å². The van der Waals surface area contributed by atoms with E-state index in [2.05, 4.69) is 43.4 Å². The van der Waals surface area contributed by atoms with Crippen molar-refractivity contribution in [2.24, 2.45) is 13.0 Å². The Balaban J connectivity index is 1.18. The number of aromatic nitrogens is 4. The predicted molar refractivity (Wildman–Crippen MR) is 143 cm³/mol. The Morgan fingerprint density at radius 1 is 1.14 bits per heavy atom. The van der Waals surface area contributed by atoms with E-state index in [1.165, 1.54) is 24.2 Å². The number of likely N-dealkylation sites (tertiary alicyclic amines) is 1. The van der Waals surface area contributed by atoms with Crippen LogP contribution in [0.2, 0.25) is 0 Å². The molecule has 5 heterocycles. The number of aryl methyl sites for hydroxylation is 1. The number of allylic oxidation sites excluding steroid dienone is 1. The van der Waals surface area contributed by atoms with E-state index in [-0.39, 0.29) is 18.0 Å². The lowest BCUT2D eigenvalue weighted by Crippen LogP contribution is -2.41. The van der Waals surface area contributed by atoms with E-state index in [1.54, 1.807) is 33.9 Å². The molecule has 2 aliphatic rings. The van der Waals surface area contributed by atoms with Crippen molar-refractivity contribution in [3.05, 3.63) is 54.0 Å². The highest BCUT2D eigenvalue weighted by atomic mass is 32.1. The van der Waals surface area contributed by atoms with Crippen LogP contribution in [0.25, 0.3) is 15.3 Å². The lowest BCUT2D eigenvalue weighted by molar-refractivity contribution is 0.0964. The number of nitrogens with zero attached hydrogens (tertiary/aromatic N) is 5. The van der Waals surface area contributed by atoms with Crippen molar-refractivity contribution < 1.29 is 9.59 Å². The molecule has 0 radical (unpaired) electrons. The van der Waals surface area contributed by atoms with Crippen LogP contribution in [-0.2, 0) is 7.05 Å². The smallest absolute Gasteiger partial charge is 0.319 e. The highest BCUT2D eigenvalue weighted by molar-refractivity contribution is 7.21. The second kappa shape index (κ2) is 10.8. The van der Waals surface area contributed by atoms with Gasteiger partial charge in [-0.3, -0.25) is 9.48 Å². The van der Waals surface area contributed by atoms with Gasteiger partial charge in [0.25, 0.3) is 5.91 Å². The third kappa shape index (κ3) is 5.86. The summed E-state index contributed by atoms with van der Waals surface area (Å²) in [7, 11) is 4.02. The number of hydrogen-bond donors (Lipinski definition) is 4. The van der Waals surface area contributed by atoms with Gasteiger partial charge in [0.15, 0.2) is 0 Å². The zero-order valence-corrected chi connectivity index (χ0v) is 22.1. The van der Waals surface area contributed by atoms with Crippen molar-refractivity contribution in [3.8, 4) is 10.4 Å². The Morgan fingerprint density at radius 2 is 1.95 bits per heavy atom. The molecule has 37 heavy (non-hydrogen) atoms. The molecule has 1 atom stereocenters. The first-order chi connectivity index (χ1) is 17.9. The SMILES string of the molecule is CC1NC=C(NC(=O)NCCC2CCN(C)CC2)C=C1NC(=O)c1cnn2cc(-c3cnn(C)c3)sc12. The summed E-state index contributed by atoms with van der Waals surface area (Å²) in [4.78, 5) is 29.7. The molecular weight excluding hydrogens is 490 g/mol. The second-order valence-corrected chi connectivity index (χ2v) is 10.8. The fourth-order valence-electron chi connectivity index (χ4n) is 4.59. The molecule has 4 N–H and O–H groups in total. The summed E-state index contributed by atoms with van der Waals surface area (Å²) < 4.78 is 3.45. The van der Waals surface area contributed by atoms with Crippen molar-refractivity contribution in [1.82, 2.24) is 45.6 Å². The maximum atomic E-state index is 13.2. The Bertz CT molecular complexity index is 1340. The molecule has 0 saturated carbocycles. The van der Waals surface area contributed by atoms with Gasteiger partial charge >= 0.3 is 6.03 Å². The highest BCUT2D eigenvalue weighted by Gasteiger charge is 2.22. The normalized spacial score (nSPS) is 18.7. The van der Waals surface area contributed by atoms with Gasteiger partial charge in [-0.25, -0.2) is 9.31 Å². The van der Waals surface area contributed by atoms with Crippen molar-refractivity contribution >= 4 is 28.1 Å². The van der Waals surface area contributed by atoms with E-state index in [0.717, 1.165) is 34.8 Å².